The highest BCUT2D eigenvalue weighted by Crippen LogP contribution is 2.45. The molecule has 0 saturated carbocycles. The van der Waals surface area contributed by atoms with Gasteiger partial charge in [0.05, 0.1) is 0 Å². The van der Waals surface area contributed by atoms with Crippen molar-refractivity contribution in [3.8, 4) is 0 Å². The summed E-state index contributed by atoms with van der Waals surface area (Å²) < 4.78 is 30.6. The lowest BCUT2D eigenvalue weighted by Gasteiger charge is -2.20. The van der Waals surface area contributed by atoms with Crippen molar-refractivity contribution in [2.75, 3.05) is 13.2 Å². The second-order valence-electron chi connectivity index (χ2n) is 2.73. The Bertz CT molecular complexity index is 191. The molecule has 0 fully saturated rings. The van der Waals surface area contributed by atoms with Crippen LogP contribution in [0.5, 0.6) is 0 Å². The minimum Gasteiger partial charge on any atom is -0.353 e. The minimum atomic E-state index is -4.11. The van der Waals surface area contributed by atoms with E-state index in [1.165, 1.54) is 13.8 Å². The van der Waals surface area contributed by atoms with Crippen LogP contribution in [-0.2, 0) is 23.1 Å². The van der Waals surface area contributed by atoms with Crippen LogP contribution in [0, 0.1) is 0 Å². The molecule has 0 aliphatic rings. The molecule has 0 amide bonds. The highest BCUT2D eigenvalue weighted by atomic mass is 31.2. The third kappa shape index (κ3) is 7.90. The van der Waals surface area contributed by atoms with E-state index < -0.39 is 20.4 Å². The minimum absolute atomic E-state index is 0.391. The van der Waals surface area contributed by atoms with Crippen LogP contribution in [0.25, 0.3) is 0 Å². The molecule has 0 saturated heterocycles. The lowest BCUT2D eigenvalue weighted by Crippen LogP contribution is -2.16. The number of phosphoric ester groups is 1. The Labute approximate surface area is 90.1 Å². The summed E-state index contributed by atoms with van der Waals surface area (Å²) in [5.74, 6) is 0. The highest BCUT2D eigenvalue weighted by molar-refractivity contribution is 7.47. The second-order valence-corrected chi connectivity index (χ2v) is 4.08. The molecule has 7 heteroatoms. The molecule has 0 aromatic rings. The molecule has 6 nitrogen and oxygen atoms in total. The standard InChI is InChI=1S/C8H19O6P/c1-5-11-7(3)13-15(9,10)14-8(4)12-6-2/h7-8H,5-6H2,1-4H3,(H,9,10). The van der Waals surface area contributed by atoms with Gasteiger partial charge in [0.2, 0.25) is 0 Å². The molecular formula is C8H19O6P. The summed E-state index contributed by atoms with van der Waals surface area (Å²) >= 11 is 0. The fourth-order valence-electron chi connectivity index (χ4n) is 0.930. The molecule has 0 aliphatic heterocycles. The van der Waals surface area contributed by atoms with E-state index in [1.807, 2.05) is 0 Å². The molecule has 0 aliphatic carbocycles. The van der Waals surface area contributed by atoms with Crippen molar-refractivity contribution < 1.29 is 28.0 Å². The maximum atomic E-state index is 11.3. The van der Waals surface area contributed by atoms with Crippen molar-refractivity contribution in [1.82, 2.24) is 0 Å². The summed E-state index contributed by atoms with van der Waals surface area (Å²) in [6, 6.07) is 0. The fourth-order valence-corrected chi connectivity index (χ4v) is 1.85. The van der Waals surface area contributed by atoms with Crippen LogP contribution in [0.15, 0.2) is 0 Å². The topological polar surface area (TPSA) is 74.2 Å². The van der Waals surface area contributed by atoms with E-state index in [2.05, 4.69) is 9.05 Å². The van der Waals surface area contributed by atoms with Gasteiger partial charge in [0.15, 0.2) is 12.6 Å². The molecule has 1 N–H and O–H groups in total. The molecule has 2 unspecified atom stereocenters. The van der Waals surface area contributed by atoms with Gasteiger partial charge in [-0.25, -0.2) is 4.57 Å². The van der Waals surface area contributed by atoms with Crippen LogP contribution in [0.1, 0.15) is 27.7 Å². The van der Waals surface area contributed by atoms with Gasteiger partial charge in [0.25, 0.3) is 0 Å². The van der Waals surface area contributed by atoms with E-state index in [4.69, 9.17) is 9.47 Å². The largest absolute Gasteiger partial charge is 0.476 e. The first kappa shape index (κ1) is 15.0. The zero-order valence-electron chi connectivity index (χ0n) is 9.50. The normalized spacial score (nSPS) is 19.5. The molecule has 0 heterocycles. The molecule has 2 atom stereocenters. The van der Waals surface area contributed by atoms with E-state index in [1.54, 1.807) is 13.8 Å². The molecule has 0 bridgehead atoms. The number of rotatable bonds is 8. The molecule has 15 heavy (non-hydrogen) atoms. The zero-order chi connectivity index (χ0) is 11.9. The van der Waals surface area contributed by atoms with E-state index in [-0.39, 0.29) is 0 Å². The lowest BCUT2D eigenvalue weighted by atomic mass is 10.7. The maximum absolute atomic E-state index is 11.3. The van der Waals surface area contributed by atoms with Crippen LogP contribution >= 0.6 is 7.82 Å². The van der Waals surface area contributed by atoms with Crippen molar-refractivity contribution in [2.45, 2.75) is 40.3 Å². The summed E-state index contributed by atoms with van der Waals surface area (Å²) in [5, 5.41) is 0. The number of hydrogen-bond acceptors (Lipinski definition) is 5. The molecule has 92 valence electrons. The summed E-state index contributed by atoms with van der Waals surface area (Å²) in [7, 11) is -4.11. The Balaban J connectivity index is 4.00. The van der Waals surface area contributed by atoms with Gasteiger partial charge in [0.1, 0.15) is 0 Å². The first-order valence-corrected chi connectivity index (χ1v) is 6.33. The van der Waals surface area contributed by atoms with Gasteiger partial charge in [-0.3, -0.25) is 9.05 Å². The smallest absolute Gasteiger partial charge is 0.353 e. The fraction of sp³-hybridized carbons (Fsp3) is 1.00. The van der Waals surface area contributed by atoms with Crippen LogP contribution in [-0.4, -0.2) is 30.7 Å². The Morgan fingerprint density at radius 3 is 1.67 bits per heavy atom. The van der Waals surface area contributed by atoms with E-state index in [0.29, 0.717) is 13.2 Å². The van der Waals surface area contributed by atoms with Crippen molar-refractivity contribution in [2.24, 2.45) is 0 Å². The van der Waals surface area contributed by atoms with Crippen molar-refractivity contribution in [1.29, 1.82) is 0 Å². The SMILES string of the molecule is CCOC(C)OP(=O)(O)OC(C)OCC. The Hall–Kier alpha value is 0.0300. The molecule has 0 aromatic carbocycles. The molecular weight excluding hydrogens is 223 g/mol. The molecule has 0 radical (unpaired) electrons. The Morgan fingerprint density at radius 1 is 1.07 bits per heavy atom. The predicted octanol–water partition coefficient (Wildman–Crippen LogP) is 1.89. The lowest BCUT2D eigenvalue weighted by molar-refractivity contribution is -0.113. The Morgan fingerprint density at radius 2 is 1.40 bits per heavy atom. The second kappa shape index (κ2) is 7.33. The average Bonchev–Trinajstić information content (AvgIpc) is 2.01. The maximum Gasteiger partial charge on any atom is 0.476 e. The van der Waals surface area contributed by atoms with Crippen molar-refractivity contribution >= 4 is 7.82 Å². The number of hydrogen-bond donors (Lipinski definition) is 1. The summed E-state index contributed by atoms with van der Waals surface area (Å²) in [6.07, 6.45) is -1.58. The molecule has 0 rings (SSSR count). The molecule has 0 spiro atoms. The first-order valence-electron chi connectivity index (χ1n) is 4.84. The number of phosphoric acid groups is 1. The van der Waals surface area contributed by atoms with Crippen molar-refractivity contribution in [3.63, 3.8) is 0 Å². The van der Waals surface area contributed by atoms with Gasteiger partial charge < -0.3 is 14.4 Å². The third-order valence-electron chi connectivity index (χ3n) is 1.37. The molecule has 0 aromatic heterocycles. The predicted molar refractivity (Wildman–Crippen MR) is 54.2 cm³/mol. The van der Waals surface area contributed by atoms with Crippen LogP contribution in [0.4, 0.5) is 0 Å². The number of ether oxygens (including phenoxy) is 2. The van der Waals surface area contributed by atoms with Gasteiger partial charge in [-0.15, -0.1) is 0 Å². The van der Waals surface area contributed by atoms with Crippen LogP contribution in [0.2, 0.25) is 0 Å². The van der Waals surface area contributed by atoms with Crippen molar-refractivity contribution in [3.05, 3.63) is 0 Å². The first-order chi connectivity index (χ1) is 6.91. The Kier molecular flexibility index (Phi) is 7.34. The van der Waals surface area contributed by atoms with Crippen LogP contribution < -0.4 is 0 Å². The monoisotopic (exact) mass is 242 g/mol. The third-order valence-corrected chi connectivity index (χ3v) is 2.49. The van der Waals surface area contributed by atoms with Gasteiger partial charge in [0, 0.05) is 13.2 Å². The highest BCUT2D eigenvalue weighted by Gasteiger charge is 2.27. The van der Waals surface area contributed by atoms with Gasteiger partial charge in [-0.1, -0.05) is 0 Å². The summed E-state index contributed by atoms with van der Waals surface area (Å²) in [4.78, 5) is 9.26. The quantitative estimate of drug-likeness (QED) is 0.517. The van der Waals surface area contributed by atoms with Gasteiger partial charge in [-0.2, -0.15) is 0 Å². The van der Waals surface area contributed by atoms with E-state index >= 15 is 0 Å². The summed E-state index contributed by atoms with van der Waals surface area (Å²) in [6.45, 7) is 7.32. The zero-order valence-corrected chi connectivity index (χ0v) is 10.4. The average molecular weight is 242 g/mol. The van der Waals surface area contributed by atoms with Gasteiger partial charge in [-0.05, 0) is 27.7 Å². The van der Waals surface area contributed by atoms with E-state index in [9.17, 15) is 9.46 Å². The summed E-state index contributed by atoms with van der Waals surface area (Å²) in [5.41, 5.74) is 0. The van der Waals surface area contributed by atoms with Crippen LogP contribution in [0.3, 0.4) is 0 Å². The van der Waals surface area contributed by atoms with E-state index in [0.717, 1.165) is 0 Å². The van der Waals surface area contributed by atoms with Gasteiger partial charge >= 0.3 is 7.82 Å².